The summed E-state index contributed by atoms with van der Waals surface area (Å²) in [4.78, 5) is 0. The third-order valence-electron chi connectivity index (χ3n) is 3.09. The van der Waals surface area contributed by atoms with Crippen molar-refractivity contribution in [3.05, 3.63) is 29.8 Å². The van der Waals surface area contributed by atoms with E-state index in [0.717, 1.165) is 31.6 Å². The molecule has 3 heteroatoms. The third-order valence-corrected chi connectivity index (χ3v) is 3.09. The molecule has 2 rings (SSSR count). The van der Waals surface area contributed by atoms with Crippen LogP contribution in [0.5, 0.6) is 5.75 Å². The molecule has 0 spiro atoms. The zero-order chi connectivity index (χ0) is 11.4. The Labute approximate surface area is 96.4 Å². The second-order valence-electron chi connectivity index (χ2n) is 4.25. The zero-order valence-corrected chi connectivity index (χ0v) is 9.65. The van der Waals surface area contributed by atoms with E-state index in [2.05, 4.69) is 12.2 Å². The molecule has 0 radical (unpaired) electrons. The van der Waals surface area contributed by atoms with Crippen LogP contribution < -0.4 is 5.32 Å². The van der Waals surface area contributed by atoms with Crippen molar-refractivity contribution < 1.29 is 9.84 Å². The number of hydrogen-bond donors (Lipinski definition) is 2. The minimum absolute atomic E-state index is 0.216. The zero-order valence-electron chi connectivity index (χ0n) is 9.65. The molecule has 2 atom stereocenters. The summed E-state index contributed by atoms with van der Waals surface area (Å²) < 4.78 is 5.34. The molecule has 16 heavy (non-hydrogen) atoms. The minimum Gasteiger partial charge on any atom is -0.508 e. The Balaban J connectivity index is 2.06. The van der Waals surface area contributed by atoms with Gasteiger partial charge in [-0.1, -0.05) is 25.1 Å². The van der Waals surface area contributed by atoms with E-state index in [-0.39, 0.29) is 6.04 Å². The number of phenolic OH excluding ortho intramolecular Hbond substituents is 1. The van der Waals surface area contributed by atoms with E-state index in [9.17, 15) is 5.11 Å². The first-order valence-corrected chi connectivity index (χ1v) is 5.93. The molecule has 1 heterocycles. The van der Waals surface area contributed by atoms with Gasteiger partial charge in [0.15, 0.2) is 0 Å². The van der Waals surface area contributed by atoms with Gasteiger partial charge in [0, 0.05) is 24.3 Å². The van der Waals surface area contributed by atoms with Crippen molar-refractivity contribution in [2.45, 2.75) is 31.8 Å². The van der Waals surface area contributed by atoms with Gasteiger partial charge in [0.25, 0.3) is 0 Å². The van der Waals surface area contributed by atoms with Crippen LogP contribution in [-0.4, -0.2) is 24.4 Å². The van der Waals surface area contributed by atoms with Crippen LogP contribution in [0.3, 0.4) is 0 Å². The molecule has 3 nitrogen and oxygen atoms in total. The summed E-state index contributed by atoms with van der Waals surface area (Å²) in [7, 11) is 0. The van der Waals surface area contributed by atoms with Crippen LogP contribution in [-0.2, 0) is 4.74 Å². The largest absolute Gasteiger partial charge is 0.508 e. The molecule has 0 aliphatic carbocycles. The molecule has 1 aliphatic heterocycles. The molecule has 1 aromatic rings. The Hall–Kier alpha value is -1.06. The van der Waals surface area contributed by atoms with E-state index in [1.54, 1.807) is 6.07 Å². The number of nitrogens with one attached hydrogen (secondary N) is 1. The van der Waals surface area contributed by atoms with Crippen molar-refractivity contribution in [1.29, 1.82) is 0 Å². The average Bonchev–Trinajstić information content (AvgIpc) is 2.80. The highest BCUT2D eigenvalue weighted by Crippen LogP contribution is 2.26. The Morgan fingerprint density at radius 2 is 2.31 bits per heavy atom. The van der Waals surface area contributed by atoms with E-state index < -0.39 is 0 Å². The van der Waals surface area contributed by atoms with Crippen molar-refractivity contribution in [2.24, 2.45) is 0 Å². The summed E-state index contributed by atoms with van der Waals surface area (Å²) in [5.41, 5.74) is 0.983. The first-order valence-electron chi connectivity index (χ1n) is 5.93. The maximum Gasteiger partial charge on any atom is 0.120 e. The Morgan fingerprint density at radius 3 is 2.94 bits per heavy atom. The second kappa shape index (κ2) is 5.32. The van der Waals surface area contributed by atoms with Gasteiger partial charge in [0.2, 0.25) is 0 Å². The van der Waals surface area contributed by atoms with E-state index in [1.807, 2.05) is 18.2 Å². The summed E-state index contributed by atoms with van der Waals surface area (Å²) >= 11 is 0. The maximum absolute atomic E-state index is 9.81. The van der Waals surface area contributed by atoms with Crippen LogP contribution in [0.15, 0.2) is 24.3 Å². The van der Waals surface area contributed by atoms with Gasteiger partial charge in [-0.3, -0.25) is 0 Å². The van der Waals surface area contributed by atoms with Gasteiger partial charge >= 0.3 is 0 Å². The lowest BCUT2D eigenvalue weighted by molar-refractivity contribution is 0.187. The SMILES string of the molecule is CCC(NC1CCOC1)c1ccccc1O. The lowest BCUT2D eigenvalue weighted by Gasteiger charge is -2.22. The molecule has 0 amide bonds. The monoisotopic (exact) mass is 221 g/mol. The molecule has 88 valence electrons. The summed E-state index contributed by atoms with van der Waals surface area (Å²) in [5.74, 6) is 0.376. The van der Waals surface area contributed by atoms with E-state index in [1.165, 1.54) is 0 Å². The lowest BCUT2D eigenvalue weighted by atomic mass is 10.0. The fourth-order valence-electron chi connectivity index (χ4n) is 2.16. The molecule has 0 bridgehead atoms. The number of phenols is 1. The van der Waals surface area contributed by atoms with E-state index in [0.29, 0.717) is 11.8 Å². The standard InChI is InChI=1S/C13H19NO2/c1-2-12(14-10-7-8-16-9-10)11-5-3-4-6-13(11)15/h3-6,10,12,14-15H,2,7-9H2,1H3. The van der Waals surface area contributed by atoms with Gasteiger partial charge in [0.05, 0.1) is 6.61 Å². The molecule has 1 fully saturated rings. The molecule has 2 unspecified atom stereocenters. The number of hydrogen-bond acceptors (Lipinski definition) is 3. The van der Waals surface area contributed by atoms with Crippen LogP contribution in [0.2, 0.25) is 0 Å². The van der Waals surface area contributed by atoms with Crippen molar-refractivity contribution in [1.82, 2.24) is 5.32 Å². The van der Waals surface area contributed by atoms with Crippen molar-refractivity contribution >= 4 is 0 Å². The number of para-hydroxylation sites is 1. The smallest absolute Gasteiger partial charge is 0.120 e. The van der Waals surface area contributed by atoms with E-state index in [4.69, 9.17) is 4.74 Å². The Bertz CT molecular complexity index is 334. The van der Waals surface area contributed by atoms with Crippen molar-refractivity contribution in [3.63, 3.8) is 0 Å². The summed E-state index contributed by atoms with van der Waals surface area (Å²) in [5, 5.41) is 13.4. The van der Waals surface area contributed by atoms with Gasteiger partial charge in [0.1, 0.15) is 5.75 Å². The van der Waals surface area contributed by atoms with Gasteiger partial charge in [-0.2, -0.15) is 0 Å². The Kier molecular flexibility index (Phi) is 3.80. The number of rotatable bonds is 4. The van der Waals surface area contributed by atoms with Gasteiger partial charge in [-0.25, -0.2) is 0 Å². The quantitative estimate of drug-likeness (QED) is 0.819. The minimum atomic E-state index is 0.216. The average molecular weight is 221 g/mol. The predicted molar refractivity (Wildman–Crippen MR) is 63.5 cm³/mol. The fourth-order valence-corrected chi connectivity index (χ4v) is 2.16. The van der Waals surface area contributed by atoms with Crippen LogP contribution in [0.4, 0.5) is 0 Å². The summed E-state index contributed by atoms with van der Waals surface area (Å²) in [6.07, 6.45) is 2.03. The number of aromatic hydroxyl groups is 1. The van der Waals surface area contributed by atoms with E-state index >= 15 is 0 Å². The maximum atomic E-state index is 9.81. The normalized spacial score (nSPS) is 22.2. The molecule has 1 aliphatic rings. The molecule has 1 saturated heterocycles. The topological polar surface area (TPSA) is 41.5 Å². The highest BCUT2D eigenvalue weighted by molar-refractivity contribution is 5.34. The van der Waals surface area contributed by atoms with Gasteiger partial charge in [-0.05, 0) is 18.9 Å². The van der Waals surface area contributed by atoms with Crippen LogP contribution >= 0.6 is 0 Å². The molecule has 0 aromatic heterocycles. The highest BCUT2D eigenvalue weighted by atomic mass is 16.5. The first-order chi connectivity index (χ1) is 7.81. The summed E-state index contributed by atoms with van der Waals surface area (Å²) in [6.45, 7) is 3.75. The highest BCUT2D eigenvalue weighted by Gasteiger charge is 2.21. The predicted octanol–water partition coefficient (Wildman–Crippen LogP) is 2.22. The lowest BCUT2D eigenvalue weighted by Crippen LogP contribution is -2.32. The molecule has 0 saturated carbocycles. The molecular weight excluding hydrogens is 202 g/mol. The third kappa shape index (κ3) is 2.54. The van der Waals surface area contributed by atoms with Gasteiger partial charge in [-0.15, -0.1) is 0 Å². The number of ether oxygens (including phenoxy) is 1. The summed E-state index contributed by atoms with van der Waals surface area (Å²) in [6, 6.07) is 8.17. The molecule has 2 N–H and O–H groups in total. The van der Waals surface area contributed by atoms with Crippen LogP contribution in [0, 0.1) is 0 Å². The van der Waals surface area contributed by atoms with Crippen LogP contribution in [0.25, 0.3) is 0 Å². The van der Waals surface area contributed by atoms with Crippen LogP contribution in [0.1, 0.15) is 31.4 Å². The number of benzene rings is 1. The van der Waals surface area contributed by atoms with Gasteiger partial charge < -0.3 is 15.2 Å². The Morgan fingerprint density at radius 1 is 1.50 bits per heavy atom. The van der Waals surface area contributed by atoms with Crippen molar-refractivity contribution in [3.8, 4) is 5.75 Å². The second-order valence-corrected chi connectivity index (χ2v) is 4.25. The fraction of sp³-hybridized carbons (Fsp3) is 0.538. The first kappa shape index (κ1) is 11.4. The molecular formula is C13H19NO2. The molecule has 1 aromatic carbocycles. The van der Waals surface area contributed by atoms with Crippen molar-refractivity contribution in [2.75, 3.05) is 13.2 Å².